The maximum Gasteiger partial charge on any atom is 0.526 e. The summed E-state index contributed by atoms with van der Waals surface area (Å²) in [5.41, 5.74) is 2.07. The fraction of sp³-hybridized carbons (Fsp3) is 0.211. The topological polar surface area (TPSA) is 127 Å². The number of fused-ring (bicyclic) bond motifs is 1. The largest absolute Gasteiger partial charge is 0.535 e. The molecule has 1 aliphatic heterocycles. The van der Waals surface area contributed by atoms with Gasteiger partial charge in [0.05, 0.1) is 11.8 Å². The maximum atomic E-state index is 12.5. The number of nitrogens with zero attached hydrogens (tertiary/aromatic N) is 4. The molecule has 0 aliphatic carbocycles. The highest BCUT2D eigenvalue weighted by atomic mass is 16.5. The highest BCUT2D eigenvalue weighted by Crippen LogP contribution is 2.36. The van der Waals surface area contributed by atoms with Gasteiger partial charge in [-0.25, -0.2) is 9.48 Å². The van der Waals surface area contributed by atoms with E-state index in [0.29, 0.717) is 17.7 Å². The predicted molar refractivity (Wildman–Crippen MR) is 102 cm³/mol. The highest BCUT2D eigenvalue weighted by Gasteiger charge is 2.37. The van der Waals surface area contributed by atoms with Crippen molar-refractivity contribution in [3.05, 3.63) is 60.0 Å². The summed E-state index contributed by atoms with van der Waals surface area (Å²) in [6.07, 6.45) is 5.40. The van der Waals surface area contributed by atoms with Crippen LogP contribution in [0, 0.1) is 0 Å². The quantitative estimate of drug-likeness (QED) is 0.604. The van der Waals surface area contributed by atoms with Crippen LogP contribution in [0.1, 0.15) is 22.3 Å². The average Bonchev–Trinajstić information content (AvgIpc) is 3.17. The number of carboxylic acids is 1. The van der Waals surface area contributed by atoms with E-state index in [1.165, 1.54) is 10.7 Å². The Kier molecular flexibility index (Phi) is 5.09. The van der Waals surface area contributed by atoms with Gasteiger partial charge < -0.3 is 14.8 Å². The van der Waals surface area contributed by atoms with E-state index in [9.17, 15) is 19.7 Å². The van der Waals surface area contributed by atoms with Crippen molar-refractivity contribution < 1.29 is 24.4 Å². The third kappa shape index (κ3) is 4.02. The summed E-state index contributed by atoms with van der Waals surface area (Å²) in [7, 11) is -1.26. The Hall–Kier alpha value is -3.53. The summed E-state index contributed by atoms with van der Waals surface area (Å²) < 4.78 is 6.87. The Labute approximate surface area is 166 Å². The number of hydrogen-bond acceptors (Lipinski definition) is 7. The highest BCUT2D eigenvalue weighted by molar-refractivity contribution is 6.47. The van der Waals surface area contributed by atoms with Gasteiger partial charge in [-0.3, -0.25) is 9.78 Å². The lowest BCUT2D eigenvalue weighted by molar-refractivity contribution is -0.120. The minimum atomic E-state index is -1.26. The molecule has 0 bridgehead atoms. The number of aromatic nitrogens is 4. The molecule has 29 heavy (non-hydrogen) atoms. The second-order valence-electron chi connectivity index (χ2n) is 6.86. The first-order valence-corrected chi connectivity index (χ1v) is 9.03. The van der Waals surface area contributed by atoms with Crippen LogP contribution in [0.5, 0.6) is 5.75 Å². The number of carbonyl (C=O) groups is 2. The number of para-hydroxylation sites is 1. The molecule has 0 fully saturated rings. The van der Waals surface area contributed by atoms with E-state index in [2.05, 4.69) is 15.3 Å². The summed E-state index contributed by atoms with van der Waals surface area (Å²) in [4.78, 5) is 27.8. The molecule has 0 amide bonds. The summed E-state index contributed by atoms with van der Waals surface area (Å²) in [5, 5.41) is 27.6. The predicted octanol–water partition coefficient (Wildman–Crippen LogP) is 1.48. The van der Waals surface area contributed by atoms with E-state index in [-0.39, 0.29) is 30.1 Å². The summed E-state index contributed by atoms with van der Waals surface area (Å²) in [5.74, 6) is -1.58. The lowest BCUT2D eigenvalue weighted by Gasteiger charge is -2.27. The van der Waals surface area contributed by atoms with Gasteiger partial charge in [-0.15, -0.1) is 5.10 Å². The Morgan fingerprint density at radius 2 is 2.14 bits per heavy atom. The van der Waals surface area contributed by atoms with Crippen LogP contribution < -0.4 is 4.65 Å². The van der Waals surface area contributed by atoms with E-state index in [0.717, 1.165) is 5.56 Å². The van der Waals surface area contributed by atoms with Gasteiger partial charge in [-0.2, -0.15) is 0 Å². The van der Waals surface area contributed by atoms with Crippen LogP contribution in [0.4, 0.5) is 0 Å². The molecule has 3 heterocycles. The number of aromatic carboxylic acids is 1. The molecule has 1 atom stereocenters. The molecule has 2 N–H and O–H groups in total. The summed E-state index contributed by atoms with van der Waals surface area (Å²) in [6.45, 7) is 0.0124. The van der Waals surface area contributed by atoms with Gasteiger partial charge in [0.2, 0.25) is 0 Å². The first kappa shape index (κ1) is 18.8. The van der Waals surface area contributed by atoms with Crippen LogP contribution in [0.15, 0.2) is 48.9 Å². The van der Waals surface area contributed by atoms with Gasteiger partial charge in [-0.05, 0) is 30.2 Å². The smallest absolute Gasteiger partial charge is 0.526 e. The first-order valence-electron chi connectivity index (χ1n) is 9.03. The van der Waals surface area contributed by atoms with Crippen LogP contribution in [-0.2, 0) is 17.8 Å². The Morgan fingerprint density at radius 1 is 1.28 bits per heavy atom. The fourth-order valence-electron chi connectivity index (χ4n) is 3.39. The third-order valence-electron chi connectivity index (χ3n) is 4.78. The van der Waals surface area contributed by atoms with Crippen molar-refractivity contribution in [2.24, 2.45) is 0 Å². The number of benzene rings is 1. The number of Topliss-reactive ketones (excluding diaryl/α,β-unsaturated/α-hetero) is 1. The van der Waals surface area contributed by atoms with Gasteiger partial charge in [0.1, 0.15) is 18.0 Å². The maximum absolute atomic E-state index is 12.5. The molecule has 9 nitrogen and oxygen atoms in total. The van der Waals surface area contributed by atoms with Crippen LogP contribution in [0.2, 0.25) is 5.82 Å². The molecular weight excluding hydrogens is 375 g/mol. The molecule has 0 spiro atoms. The molecule has 0 unspecified atom stereocenters. The van der Waals surface area contributed by atoms with Crippen LogP contribution in [0.3, 0.4) is 0 Å². The van der Waals surface area contributed by atoms with Gasteiger partial charge in [-0.1, -0.05) is 17.3 Å². The normalized spacial score (nSPS) is 15.5. The van der Waals surface area contributed by atoms with Crippen molar-refractivity contribution >= 4 is 18.9 Å². The van der Waals surface area contributed by atoms with Crippen LogP contribution >= 0.6 is 0 Å². The lowest BCUT2D eigenvalue weighted by atomic mass is 9.64. The molecule has 0 saturated heterocycles. The summed E-state index contributed by atoms with van der Waals surface area (Å²) in [6, 6.07) is 8.42. The molecule has 1 aliphatic rings. The minimum absolute atomic E-state index is 0.00290. The molecule has 0 radical (unpaired) electrons. The molecule has 10 heteroatoms. The van der Waals surface area contributed by atoms with Gasteiger partial charge in [0.25, 0.3) is 0 Å². The SMILES string of the molecule is O=C(C[C@H]1Cc2cccc(C(=O)O)c2OB1O)Cn1cc(-c2cccnc2)nn1. The van der Waals surface area contributed by atoms with E-state index in [1.54, 1.807) is 36.8 Å². The van der Waals surface area contributed by atoms with Crippen molar-refractivity contribution in [1.29, 1.82) is 0 Å². The molecular formula is C19H17BN4O5. The van der Waals surface area contributed by atoms with E-state index < -0.39 is 18.9 Å². The van der Waals surface area contributed by atoms with Crippen LogP contribution in [0.25, 0.3) is 11.3 Å². The van der Waals surface area contributed by atoms with Crippen LogP contribution in [-0.4, -0.2) is 49.0 Å². The van der Waals surface area contributed by atoms with Crippen molar-refractivity contribution in [3.63, 3.8) is 0 Å². The molecule has 3 aromatic rings. The molecule has 4 rings (SSSR count). The van der Waals surface area contributed by atoms with Crippen molar-refractivity contribution in [1.82, 2.24) is 20.0 Å². The molecule has 0 saturated carbocycles. The number of ketones is 1. The van der Waals surface area contributed by atoms with Gasteiger partial charge >= 0.3 is 13.1 Å². The number of carbonyl (C=O) groups excluding carboxylic acids is 1. The van der Waals surface area contributed by atoms with E-state index in [1.807, 2.05) is 6.07 Å². The monoisotopic (exact) mass is 392 g/mol. The van der Waals surface area contributed by atoms with Crippen molar-refractivity contribution in [3.8, 4) is 17.0 Å². The zero-order valence-corrected chi connectivity index (χ0v) is 15.3. The first-order chi connectivity index (χ1) is 14.0. The number of hydrogen-bond donors (Lipinski definition) is 2. The average molecular weight is 392 g/mol. The summed E-state index contributed by atoms with van der Waals surface area (Å²) >= 11 is 0. The van der Waals surface area contributed by atoms with Gasteiger partial charge in [0, 0.05) is 30.2 Å². The Morgan fingerprint density at radius 3 is 2.90 bits per heavy atom. The van der Waals surface area contributed by atoms with Crippen molar-refractivity contribution in [2.75, 3.05) is 0 Å². The van der Waals surface area contributed by atoms with E-state index >= 15 is 0 Å². The van der Waals surface area contributed by atoms with Crippen molar-refractivity contribution in [2.45, 2.75) is 25.2 Å². The molecule has 1 aromatic carbocycles. The zero-order chi connectivity index (χ0) is 20.4. The Bertz CT molecular complexity index is 1060. The number of carboxylic acid groups (broad SMARTS) is 1. The third-order valence-corrected chi connectivity index (χ3v) is 4.78. The number of pyridine rings is 1. The minimum Gasteiger partial charge on any atom is -0.535 e. The second kappa shape index (κ2) is 7.84. The Balaban J connectivity index is 1.42. The van der Waals surface area contributed by atoms with E-state index in [4.69, 9.17) is 4.65 Å². The van der Waals surface area contributed by atoms with Gasteiger partial charge in [0.15, 0.2) is 5.78 Å². The second-order valence-corrected chi connectivity index (χ2v) is 6.86. The molecule has 146 valence electrons. The standard InChI is InChI=1S/C19H17BN4O5/c25-15(10-24-11-17(22-23-24)13-4-2-6-21-9-13)8-14-7-12-3-1-5-16(19(26)27)18(12)29-20(14)28/h1-6,9,11,14,28H,7-8,10H2,(H,26,27)/t14-/m1/s1. The number of rotatable bonds is 6. The zero-order valence-electron chi connectivity index (χ0n) is 15.3. The molecule has 2 aromatic heterocycles. The fourth-order valence-corrected chi connectivity index (χ4v) is 3.39. The lowest BCUT2D eigenvalue weighted by Crippen LogP contribution is -2.36.